The fraction of sp³-hybridized carbons (Fsp3) is 0.857. The first-order valence-corrected chi connectivity index (χ1v) is 10.7. The van der Waals surface area contributed by atoms with Crippen molar-refractivity contribution < 1.29 is 38.4 Å². The van der Waals surface area contributed by atoms with Gasteiger partial charge in [0, 0.05) is 33.0 Å². The molecule has 0 saturated heterocycles. The van der Waals surface area contributed by atoms with E-state index in [-0.39, 0.29) is 31.1 Å². The van der Waals surface area contributed by atoms with E-state index in [1.165, 1.54) is 0 Å². The molecule has 0 heterocycles. The van der Waals surface area contributed by atoms with Crippen LogP contribution in [0.15, 0.2) is 0 Å². The van der Waals surface area contributed by atoms with Crippen LogP contribution in [-0.4, -0.2) is 63.2 Å². The molecule has 8 heteroatoms. The van der Waals surface area contributed by atoms with Crippen molar-refractivity contribution in [2.24, 2.45) is 0 Å². The standard InChI is InChI=1S/C21H38O8/c1-26-17-18-29-21(25)13-7-4-10-16-28-20(24)12-6-3-9-15-27-19(23)11-5-2-8-14-22/h22H,2-18H2,1H3. The average molecular weight is 419 g/mol. The molecular formula is C21H38O8. The molecule has 0 amide bonds. The van der Waals surface area contributed by atoms with Gasteiger partial charge in [0.1, 0.15) is 6.61 Å². The van der Waals surface area contributed by atoms with Crippen LogP contribution in [0.2, 0.25) is 0 Å². The molecule has 29 heavy (non-hydrogen) atoms. The highest BCUT2D eigenvalue weighted by Gasteiger charge is 2.05. The summed E-state index contributed by atoms with van der Waals surface area (Å²) < 4.78 is 20.0. The van der Waals surface area contributed by atoms with Crippen LogP contribution in [0.1, 0.15) is 77.0 Å². The third-order valence-electron chi connectivity index (χ3n) is 4.17. The molecule has 0 aromatic carbocycles. The van der Waals surface area contributed by atoms with Gasteiger partial charge in [0.2, 0.25) is 0 Å². The van der Waals surface area contributed by atoms with Crippen molar-refractivity contribution in [2.75, 3.05) is 40.1 Å². The van der Waals surface area contributed by atoms with Crippen LogP contribution in [0, 0.1) is 0 Å². The largest absolute Gasteiger partial charge is 0.466 e. The van der Waals surface area contributed by atoms with Gasteiger partial charge < -0.3 is 24.1 Å². The number of unbranched alkanes of at least 4 members (excludes halogenated alkanes) is 6. The predicted octanol–water partition coefficient (Wildman–Crippen LogP) is 2.94. The van der Waals surface area contributed by atoms with E-state index in [1.54, 1.807) is 7.11 Å². The number of hydrogen-bond donors (Lipinski definition) is 1. The maximum Gasteiger partial charge on any atom is 0.305 e. The number of carbonyl (C=O) groups is 3. The summed E-state index contributed by atoms with van der Waals surface area (Å²) in [5.41, 5.74) is 0. The number of methoxy groups -OCH3 is 1. The monoisotopic (exact) mass is 418 g/mol. The molecule has 0 saturated carbocycles. The number of carbonyl (C=O) groups excluding carboxylic acids is 3. The molecule has 0 fully saturated rings. The Balaban J connectivity index is 3.36. The van der Waals surface area contributed by atoms with Crippen molar-refractivity contribution in [3.63, 3.8) is 0 Å². The van der Waals surface area contributed by atoms with Crippen LogP contribution in [0.5, 0.6) is 0 Å². The molecule has 0 spiro atoms. The minimum atomic E-state index is -0.230. The smallest absolute Gasteiger partial charge is 0.305 e. The Morgan fingerprint density at radius 3 is 1.38 bits per heavy atom. The number of ether oxygens (including phenoxy) is 4. The molecule has 0 aliphatic heterocycles. The van der Waals surface area contributed by atoms with Crippen molar-refractivity contribution in [1.82, 2.24) is 0 Å². The normalized spacial score (nSPS) is 10.6. The fourth-order valence-electron chi connectivity index (χ4n) is 2.48. The SMILES string of the molecule is COCCOC(=O)CCCCCOC(=O)CCCCCOC(=O)CCCCCO. The Hall–Kier alpha value is -1.67. The van der Waals surface area contributed by atoms with Crippen LogP contribution in [0.25, 0.3) is 0 Å². The van der Waals surface area contributed by atoms with Gasteiger partial charge in [-0.1, -0.05) is 6.42 Å². The third-order valence-corrected chi connectivity index (χ3v) is 4.17. The van der Waals surface area contributed by atoms with Crippen molar-refractivity contribution in [3.8, 4) is 0 Å². The Bertz CT molecular complexity index is 425. The highest BCUT2D eigenvalue weighted by Crippen LogP contribution is 2.06. The second-order valence-electron chi connectivity index (χ2n) is 6.81. The van der Waals surface area contributed by atoms with E-state index in [2.05, 4.69) is 0 Å². The Kier molecular flexibility index (Phi) is 19.8. The second kappa shape index (κ2) is 21.0. The lowest BCUT2D eigenvalue weighted by molar-refractivity contribution is -0.146. The maximum atomic E-state index is 11.6. The summed E-state index contributed by atoms with van der Waals surface area (Å²) >= 11 is 0. The molecule has 0 aromatic heterocycles. The van der Waals surface area contributed by atoms with Crippen LogP contribution in [0.4, 0.5) is 0 Å². The Labute approximate surface area is 174 Å². The summed E-state index contributed by atoms with van der Waals surface area (Å²) in [6.45, 7) is 1.58. The highest BCUT2D eigenvalue weighted by atomic mass is 16.6. The van der Waals surface area contributed by atoms with Gasteiger partial charge in [0.25, 0.3) is 0 Å². The highest BCUT2D eigenvalue weighted by molar-refractivity contribution is 5.70. The molecule has 0 aliphatic carbocycles. The zero-order valence-electron chi connectivity index (χ0n) is 17.8. The van der Waals surface area contributed by atoms with Crippen LogP contribution in [0.3, 0.4) is 0 Å². The summed E-state index contributed by atoms with van der Waals surface area (Å²) in [7, 11) is 1.55. The minimum Gasteiger partial charge on any atom is -0.466 e. The first-order valence-electron chi connectivity index (χ1n) is 10.7. The number of hydrogen-bond acceptors (Lipinski definition) is 8. The zero-order chi connectivity index (χ0) is 21.6. The fourth-order valence-corrected chi connectivity index (χ4v) is 2.48. The van der Waals surface area contributed by atoms with Crippen molar-refractivity contribution >= 4 is 17.9 Å². The van der Waals surface area contributed by atoms with Gasteiger partial charge in [-0.2, -0.15) is 0 Å². The van der Waals surface area contributed by atoms with Crippen molar-refractivity contribution in [3.05, 3.63) is 0 Å². The van der Waals surface area contributed by atoms with Crippen molar-refractivity contribution in [2.45, 2.75) is 77.0 Å². The van der Waals surface area contributed by atoms with Gasteiger partial charge in [-0.3, -0.25) is 14.4 Å². The summed E-state index contributed by atoms with van der Waals surface area (Å²) in [6, 6.07) is 0. The van der Waals surface area contributed by atoms with Gasteiger partial charge in [0.15, 0.2) is 0 Å². The van der Waals surface area contributed by atoms with Gasteiger partial charge in [-0.25, -0.2) is 0 Å². The third kappa shape index (κ3) is 20.9. The lowest BCUT2D eigenvalue weighted by Crippen LogP contribution is -2.09. The molecule has 0 unspecified atom stereocenters. The molecule has 0 aromatic rings. The lowest BCUT2D eigenvalue weighted by Gasteiger charge is -2.06. The summed E-state index contributed by atoms with van der Waals surface area (Å²) in [4.78, 5) is 34.4. The van der Waals surface area contributed by atoms with E-state index in [0.717, 1.165) is 38.5 Å². The number of rotatable bonds is 20. The van der Waals surface area contributed by atoms with E-state index < -0.39 is 0 Å². The minimum absolute atomic E-state index is 0.156. The van der Waals surface area contributed by atoms with Crippen LogP contribution in [-0.2, 0) is 33.3 Å². The quantitative estimate of drug-likeness (QED) is 0.183. The van der Waals surface area contributed by atoms with E-state index in [0.29, 0.717) is 58.3 Å². The predicted molar refractivity (Wildman–Crippen MR) is 107 cm³/mol. The average Bonchev–Trinajstić information content (AvgIpc) is 2.70. The molecule has 0 atom stereocenters. The van der Waals surface area contributed by atoms with Crippen molar-refractivity contribution in [1.29, 1.82) is 0 Å². The van der Waals surface area contributed by atoms with Gasteiger partial charge in [-0.15, -0.1) is 0 Å². The summed E-state index contributed by atoms with van der Waals surface area (Å²) in [6.07, 6.45) is 7.89. The molecule has 0 rings (SSSR count). The molecular weight excluding hydrogens is 380 g/mol. The first-order chi connectivity index (χ1) is 14.1. The second-order valence-corrected chi connectivity index (χ2v) is 6.81. The Morgan fingerprint density at radius 2 is 0.966 bits per heavy atom. The molecule has 8 nitrogen and oxygen atoms in total. The van der Waals surface area contributed by atoms with Gasteiger partial charge in [0.05, 0.1) is 19.8 Å². The summed E-state index contributed by atoms with van der Waals surface area (Å²) in [5, 5.41) is 8.66. The van der Waals surface area contributed by atoms with E-state index in [4.69, 9.17) is 24.1 Å². The molecule has 0 aliphatic rings. The molecule has 0 radical (unpaired) electrons. The van der Waals surface area contributed by atoms with E-state index in [9.17, 15) is 14.4 Å². The lowest BCUT2D eigenvalue weighted by atomic mass is 10.2. The number of esters is 3. The topological polar surface area (TPSA) is 108 Å². The van der Waals surface area contributed by atoms with Gasteiger partial charge in [-0.05, 0) is 51.4 Å². The zero-order valence-corrected chi connectivity index (χ0v) is 17.8. The first kappa shape index (κ1) is 27.3. The van der Waals surface area contributed by atoms with Crippen LogP contribution < -0.4 is 0 Å². The van der Waals surface area contributed by atoms with Crippen LogP contribution >= 0.6 is 0 Å². The van der Waals surface area contributed by atoms with E-state index >= 15 is 0 Å². The molecule has 0 bridgehead atoms. The summed E-state index contributed by atoms with van der Waals surface area (Å²) in [5.74, 6) is -0.651. The number of aliphatic hydroxyl groups is 1. The molecule has 1 N–H and O–H groups in total. The van der Waals surface area contributed by atoms with E-state index in [1.807, 2.05) is 0 Å². The molecule has 170 valence electrons. The maximum absolute atomic E-state index is 11.6. The van der Waals surface area contributed by atoms with Gasteiger partial charge >= 0.3 is 17.9 Å². The number of aliphatic hydroxyl groups excluding tert-OH is 1. The Morgan fingerprint density at radius 1 is 0.552 bits per heavy atom.